The van der Waals surface area contributed by atoms with Crippen LogP contribution in [0.5, 0.6) is 0 Å². The second kappa shape index (κ2) is 6.02. The lowest BCUT2D eigenvalue weighted by atomic mass is 10.1. The van der Waals surface area contributed by atoms with E-state index in [1.165, 1.54) is 0 Å². The summed E-state index contributed by atoms with van der Waals surface area (Å²) in [6, 6.07) is 14.5. The number of aryl methyl sites for hydroxylation is 1. The topological polar surface area (TPSA) is 88.1 Å². The number of nitrogens with zero attached hydrogens (tertiary/aromatic N) is 4. The molecule has 1 heterocycles. The van der Waals surface area contributed by atoms with Crippen molar-refractivity contribution in [3.05, 3.63) is 59.4 Å². The first kappa shape index (κ1) is 14.9. The maximum Gasteiger partial charge on any atom is 0.316 e. The third-order valence-corrected chi connectivity index (χ3v) is 3.94. The Morgan fingerprint density at radius 3 is 2.61 bits per heavy atom. The zero-order valence-corrected chi connectivity index (χ0v) is 13.1. The zero-order valence-electron chi connectivity index (χ0n) is 12.3. The Morgan fingerprint density at radius 1 is 1.22 bits per heavy atom. The van der Waals surface area contributed by atoms with Crippen LogP contribution < -0.4 is 0 Å². The molecule has 114 valence electrons. The minimum Gasteiger partial charge on any atom is -0.331 e. The maximum atomic E-state index is 10.7. The lowest BCUT2D eigenvalue weighted by molar-refractivity contribution is 0.622. The molecule has 3 rings (SSSR count). The highest BCUT2D eigenvalue weighted by molar-refractivity contribution is 7.61. The van der Waals surface area contributed by atoms with E-state index >= 15 is 0 Å². The van der Waals surface area contributed by atoms with Gasteiger partial charge in [-0.05, 0) is 35.9 Å². The molecule has 0 aliphatic heterocycles. The van der Waals surface area contributed by atoms with Gasteiger partial charge in [0.1, 0.15) is 5.82 Å². The van der Waals surface area contributed by atoms with Crippen LogP contribution in [0.1, 0.15) is 17.0 Å². The van der Waals surface area contributed by atoms with E-state index in [0.29, 0.717) is 23.2 Å². The van der Waals surface area contributed by atoms with E-state index in [-0.39, 0.29) is 0 Å². The van der Waals surface area contributed by atoms with Gasteiger partial charge in [0.2, 0.25) is 0 Å². The number of imidazole rings is 1. The van der Waals surface area contributed by atoms with E-state index in [4.69, 9.17) is 5.26 Å². The van der Waals surface area contributed by atoms with Gasteiger partial charge in [0.05, 0.1) is 28.4 Å². The van der Waals surface area contributed by atoms with Crippen LogP contribution in [0, 0.1) is 11.3 Å². The molecule has 0 radical (unpaired) electrons. The number of benzene rings is 2. The molecule has 0 unspecified atom stereocenters. The molecule has 0 saturated heterocycles. The summed E-state index contributed by atoms with van der Waals surface area (Å²) in [4.78, 5) is 4.56. The molecule has 0 aliphatic carbocycles. The minimum absolute atomic E-state index is 0.355. The van der Waals surface area contributed by atoms with Gasteiger partial charge in [-0.15, -0.1) is 4.36 Å². The van der Waals surface area contributed by atoms with Gasteiger partial charge < -0.3 is 4.57 Å². The largest absolute Gasteiger partial charge is 0.331 e. The van der Waals surface area contributed by atoms with Crippen LogP contribution in [-0.2, 0) is 24.0 Å². The molecule has 0 N–H and O–H groups in total. The average molecular weight is 324 g/mol. The van der Waals surface area contributed by atoms with Crippen molar-refractivity contribution in [2.75, 3.05) is 0 Å². The van der Waals surface area contributed by atoms with Crippen molar-refractivity contribution in [1.82, 2.24) is 9.55 Å². The molecule has 3 aromatic rings. The highest BCUT2D eigenvalue weighted by Crippen LogP contribution is 2.22. The molecule has 7 heteroatoms. The predicted octanol–water partition coefficient (Wildman–Crippen LogP) is 2.73. The number of fused-ring (bicyclic) bond motifs is 1. The molecular formula is C16H12N4O2S. The second-order valence-electron chi connectivity index (χ2n) is 5.05. The average Bonchev–Trinajstić information content (AvgIpc) is 2.83. The standard InChI is InChI=1S/C16H12N4O2S/c1-20-15-7-6-13(19-23(21)22)9-14(15)18-16(20)8-11-2-4-12(10-17)5-3-11/h2-7,9H,8H2,1H3. The highest BCUT2D eigenvalue weighted by Gasteiger charge is 2.09. The Labute approximate surface area is 134 Å². The summed E-state index contributed by atoms with van der Waals surface area (Å²) in [7, 11) is -0.565. The van der Waals surface area contributed by atoms with E-state index < -0.39 is 10.5 Å². The Kier molecular flexibility index (Phi) is 3.91. The van der Waals surface area contributed by atoms with Gasteiger partial charge in [0.25, 0.3) is 0 Å². The molecular weight excluding hydrogens is 312 g/mol. The van der Waals surface area contributed by atoms with Crippen LogP contribution in [0.25, 0.3) is 11.0 Å². The molecule has 0 spiro atoms. The third kappa shape index (κ3) is 3.12. The molecule has 0 bridgehead atoms. The first-order valence-corrected chi connectivity index (χ1v) is 7.85. The van der Waals surface area contributed by atoms with Crippen molar-refractivity contribution >= 4 is 27.2 Å². The van der Waals surface area contributed by atoms with Gasteiger partial charge in [-0.3, -0.25) is 0 Å². The monoisotopic (exact) mass is 324 g/mol. The maximum absolute atomic E-state index is 10.7. The van der Waals surface area contributed by atoms with Crippen molar-refractivity contribution in [3.8, 4) is 6.07 Å². The quantitative estimate of drug-likeness (QED) is 0.741. The summed E-state index contributed by atoms with van der Waals surface area (Å²) >= 11 is 0. The molecule has 0 atom stereocenters. The minimum atomic E-state index is -2.48. The smallest absolute Gasteiger partial charge is 0.316 e. The molecule has 1 aromatic heterocycles. The fraction of sp³-hybridized carbons (Fsp3) is 0.125. The van der Waals surface area contributed by atoms with E-state index in [9.17, 15) is 8.42 Å². The van der Waals surface area contributed by atoms with E-state index in [0.717, 1.165) is 16.9 Å². The molecule has 0 aliphatic rings. The van der Waals surface area contributed by atoms with Crippen molar-refractivity contribution in [3.63, 3.8) is 0 Å². The summed E-state index contributed by atoms with van der Waals surface area (Å²) in [6.07, 6.45) is 0.622. The third-order valence-electron chi connectivity index (χ3n) is 3.58. The van der Waals surface area contributed by atoms with Crippen LogP contribution in [0.3, 0.4) is 0 Å². The summed E-state index contributed by atoms with van der Waals surface area (Å²) < 4.78 is 26.8. The Bertz CT molecular complexity index is 1050. The summed E-state index contributed by atoms with van der Waals surface area (Å²) in [5.74, 6) is 0.852. The van der Waals surface area contributed by atoms with Crippen molar-refractivity contribution < 1.29 is 8.42 Å². The Hall–Kier alpha value is -2.98. The fourth-order valence-corrected chi connectivity index (χ4v) is 2.70. The Morgan fingerprint density at radius 2 is 1.96 bits per heavy atom. The van der Waals surface area contributed by atoms with Crippen LogP contribution in [0.4, 0.5) is 5.69 Å². The first-order chi connectivity index (χ1) is 11.1. The summed E-state index contributed by atoms with van der Waals surface area (Å²) in [6.45, 7) is 0. The number of hydrogen-bond acceptors (Lipinski definition) is 5. The number of rotatable bonds is 3. The fourth-order valence-electron chi connectivity index (χ4n) is 2.42. The number of nitriles is 1. The number of aromatic nitrogens is 2. The van der Waals surface area contributed by atoms with Crippen LogP contribution in [0.15, 0.2) is 46.8 Å². The van der Waals surface area contributed by atoms with Crippen LogP contribution in [-0.4, -0.2) is 18.0 Å². The SMILES string of the molecule is Cn1c(Cc2ccc(C#N)cc2)nc2cc(N=S(=O)=O)ccc21. The molecule has 2 aromatic carbocycles. The van der Waals surface area contributed by atoms with E-state index in [1.54, 1.807) is 30.3 Å². The van der Waals surface area contributed by atoms with Gasteiger partial charge in [-0.25, -0.2) is 4.98 Å². The normalized spacial score (nSPS) is 10.4. The van der Waals surface area contributed by atoms with E-state index in [1.807, 2.05) is 23.7 Å². The molecule has 6 nitrogen and oxygen atoms in total. The summed E-state index contributed by atoms with van der Waals surface area (Å²) in [5, 5.41) is 8.83. The summed E-state index contributed by atoms with van der Waals surface area (Å²) in [5.41, 5.74) is 3.63. The Balaban J connectivity index is 1.99. The molecule has 0 fully saturated rings. The predicted molar refractivity (Wildman–Crippen MR) is 85.7 cm³/mol. The van der Waals surface area contributed by atoms with Crippen LogP contribution >= 0.6 is 0 Å². The lowest BCUT2D eigenvalue weighted by Crippen LogP contribution is -1.99. The van der Waals surface area contributed by atoms with Crippen molar-refractivity contribution in [2.45, 2.75) is 6.42 Å². The first-order valence-electron chi connectivity index (χ1n) is 6.82. The van der Waals surface area contributed by atoms with Crippen molar-refractivity contribution in [2.24, 2.45) is 11.4 Å². The highest BCUT2D eigenvalue weighted by atomic mass is 32.2. The van der Waals surface area contributed by atoms with Gasteiger partial charge in [0.15, 0.2) is 0 Å². The van der Waals surface area contributed by atoms with Crippen LogP contribution in [0.2, 0.25) is 0 Å². The molecule has 23 heavy (non-hydrogen) atoms. The van der Waals surface area contributed by atoms with Crippen molar-refractivity contribution in [1.29, 1.82) is 5.26 Å². The lowest BCUT2D eigenvalue weighted by Gasteiger charge is -2.03. The van der Waals surface area contributed by atoms with Gasteiger partial charge in [0, 0.05) is 13.5 Å². The zero-order chi connectivity index (χ0) is 16.4. The van der Waals surface area contributed by atoms with Gasteiger partial charge >= 0.3 is 10.5 Å². The molecule has 0 saturated carbocycles. The number of hydrogen-bond donors (Lipinski definition) is 0. The van der Waals surface area contributed by atoms with E-state index in [2.05, 4.69) is 15.4 Å². The van der Waals surface area contributed by atoms with Gasteiger partial charge in [-0.1, -0.05) is 12.1 Å². The second-order valence-corrected chi connectivity index (χ2v) is 5.67. The molecule has 0 amide bonds. The van der Waals surface area contributed by atoms with Gasteiger partial charge in [-0.2, -0.15) is 13.7 Å².